The van der Waals surface area contributed by atoms with Gasteiger partial charge < -0.3 is 5.32 Å². The highest BCUT2D eigenvalue weighted by Crippen LogP contribution is 2.09. The average molecular weight is 148 g/mol. The van der Waals surface area contributed by atoms with Crippen LogP contribution in [0, 0.1) is 6.92 Å². The molecule has 1 aromatic carbocycles. The standard InChI is InChI=1S/C10H14N/c1-8(2)11-10-6-4-9(3)5-7-10/h4-8,11H,3H2,1-2H3. The first-order chi connectivity index (χ1) is 5.18. The molecule has 1 heteroatoms. The molecule has 0 aromatic heterocycles. The van der Waals surface area contributed by atoms with Gasteiger partial charge in [-0.25, -0.2) is 0 Å². The molecular weight excluding hydrogens is 134 g/mol. The maximum Gasteiger partial charge on any atom is 0.0342 e. The van der Waals surface area contributed by atoms with Gasteiger partial charge in [0.25, 0.3) is 0 Å². The Kier molecular flexibility index (Phi) is 2.53. The van der Waals surface area contributed by atoms with Crippen molar-refractivity contribution in [3.63, 3.8) is 0 Å². The lowest BCUT2D eigenvalue weighted by molar-refractivity contribution is 0.900. The van der Waals surface area contributed by atoms with Crippen molar-refractivity contribution in [3.8, 4) is 0 Å². The number of hydrogen-bond acceptors (Lipinski definition) is 1. The molecule has 0 aliphatic heterocycles. The van der Waals surface area contributed by atoms with E-state index in [1.54, 1.807) is 0 Å². The fraction of sp³-hybridized carbons (Fsp3) is 0.300. The van der Waals surface area contributed by atoms with E-state index >= 15 is 0 Å². The Balaban J connectivity index is 2.66. The summed E-state index contributed by atoms with van der Waals surface area (Å²) in [4.78, 5) is 0. The summed E-state index contributed by atoms with van der Waals surface area (Å²) in [6.45, 7) is 8.06. The lowest BCUT2D eigenvalue weighted by Crippen LogP contribution is -2.09. The summed E-state index contributed by atoms with van der Waals surface area (Å²) < 4.78 is 0. The molecule has 0 atom stereocenters. The van der Waals surface area contributed by atoms with E-state index in [1.807, 2.05) is 24.3 Å². The zero-order valence-corrected chi connectivity index (χ0v) is 7.09. The highest BCUT2D eigenvalue weighted by molar-refractivity contribution is 5.45. The fourth-order valence-electron chi connectivity index (χ4n) is 0.934. The summed E-state index contributed by atoms with van der Waals surface area (Å²) in [6.07, 6.45) is 0. The molecule has 0 unspecified atom stereocenters. The van der Waals surface area contributed by atoms with Crippen LogP contribution < -0.4 is 5.32 Å². The van der Waals surface area contributed by atoms with Crippen molar-refractivity contribution < 1.29 is 0 Å². The van der Waals surface area contributed by atoms with Gasteiger partial charge in [-0.15, -0.1) is 0 Å². The maximum atomic E-state index is 3.81. The summed E-state index contributed by atoms with van der Waals surface area (Å²) in [6, 6.07) is 8.59. The molecule has 0 heterocycles. The first kappa shape index (κ1) is 8.12. The molecule has 11 heavy (non-hydrogen) atoms. The largest absolute Gasteiger partial charge is 0.383 e. The molecule has 59 valence electrons. The molecule has 1 aromatic rings. The summed E-state index contributed by atoms with van der Waals surface area (Å²) >= 11 is 0. The molecule has 0 bridgehead atoms. The van der Waals surface area contributed by atoms with Crippen molar-refractivity contribution >= 4 is 5.69 Å². The van der Waals surface area contributed by atoms with Gasteiger partial charge in [-0.1, -0.05) is 12.1 Å². The van der Waals surface area contributed by atoms with Crippen LogP contribution in [0.15, 0.2) is 24.3 Å². The normalized spacial score (nSPS) is 10.2. The minimum atomic E-state index is 0.491. The molecule has 0 fully saturated rings. The average Bonchev–Trinajstić information content (AvgIpc) is 1.93. The van der Waals surface area contributed by atoms with Crippen molar-refractivity contribution in [2.45, 2.75) is 19.9 Å². The lowest BCUT2D eigenvalue weighted by atomic mass is 10.2. The van der Waals surface area contributed by atoms with E-state index in [0.717, 1.165) is 11.3 Å². The van der Waals surface area contributed by atoms with Gasteiger partial charge in [-0.05, 0) is 38.5 Å². The number of anilines is 1. The summed E-state index contributed by atoms with van der Waals surface area (Å²) in [7, 11) is 0. The molecule has 1 N–H and O–H groups in total. The highest BCUT2D eigenvalue weighted by atomic mass is 14.9. The van der Waals surface area contributed by atoms with Crippen molar-refractivity contribution in [3.05, 3.63) is 36.8 Å². The van der Waals surface area contributed by atoms with Crippen molar-refractivity contribution in [1.29, 1.82) is 0 Å². The Bertz CT molecular complexity index is 211. The van der Waals surface area contributed by atoms with E-state index in [-0.39, 0.29) is 0 Å². The van der Waals surface area contributed by atoms with Crippen LogP contribution in [0.2, 0.25) is 0 Å². The third-order valence-electron chi connectivity index (χ3n) is 1.41. The quantitative estimate of drug-likeness (QED) is 0.680. The Labute approximate surface area is 68.4 Å². The van der Waals surface area contributed by atoms with Gasteiger partial charge in [0.1, 0.15) is 0 Å². The van der Waals surface area contributed by atoms with Crippen LogP contribution in [-0.2, 0) is 0 Å². The fourth-order valence-corrected chi connectivity index (χ4v) is 0.934. The molecule has 0 saturated heterocycles. The summed E-state index contributed by atoms with van der Waals surface area (Å²) in [5, 5.41) is 3.30. The van der Waals surface area contributed by atoms with E-state index in [0.29, 0.717) is 6.04 Å². The molecule has 0 aliphatic rings. The Morgan fingerprint density at radius 1 is 1.18 bits per heavy atom. The van der Waals surface area contributed by atoms with Crippen molar-refractivity contribution in [2.75, 3.05) is 5.32 Å². The molecule has 1 nitrogen and oxygen atoms in total. The first-order valence-corrected chi connectivity index (χ1v) is 3.87. The number of hydrogen-bond donors (Lipinski definition) is 1. The molecule has 1 radical (unpaired) electrons. The number of rotatable bonds is 2. The summed E-state index contributed by atoms with van der Waals surface area (Å²) in [5.41, 5.74) is 2.21. The molecule has 0 spiro atoms. The number of benzene rings is 1. The maximum absolute atomic E-state index is 3.81. The second kappa shape index (κ2) is 3.42. The van der Waals surface area contributed by atoms with Crippen LogP contribution in [0.25, 0.3) is 0 Å². The van der Waals surface area contributed by atoms with Gasteiger partial charge in [-0.2, -0.15) is 0 Å². The van der Waals surface area contributed by atoms with Crippen LogP contribution in [0.3, 0.4) is 0 Å². The molecular formula is C10H14N. The van der Waals surface area contributed by atoms with Crippen LogP contribution in [-0.4, -0.2) is 6.04 Å². The predicted octanol–water partition coefficient (Wildman–Crippen LogP) is 2.69. The molecule has 0 amide bonds. The minimum absolute atomic E-state index is 0.491. The highest BCUT2D eigenvalue weighted by Gasteiger charge is 1.92. The third kappa shape index (κ3) is 2.62. The third-order valence-corrected chi connectivity index (χ3v) is 1.41. The van der Waals surface area contributed by atoms with Gasteiger partial charge in [-0.3, -0.25) is 0 Å². The SMILES string of the molecule is [CH2]c1ccc(NC(C)C)cc1. The monoisotopic (exact) mass is 148 g/mol. The minimum Gasteiger partial charge on any atom is -0.383 e. The van der Waals surface area contributed by atoms with E-state index in [1.165, 1.54) is 0 Å². The van der Waals surface area contributed by atoms with E-state index in [2.05, 4.69) is 26.1 Å². The first-order valence-electron chi connectivity index (χ1n) is 3.87. The van der Waals surface area contributed by atoms with Gasteiger partial charge in [0.15, 0.2) is 0 Å². The number of nitrogens with one attached hydrogen (secondary N) is 1. The molecule has 1 rings (SSSR count). The predicted molar refractivity (Wildman–Crippen MR) is 49.7 cm³/mol. The van der Waals surface area contributed by atoms with Crippen LogP contribution in [0.1, 0.15) is 19.4 Å². The second-order valence-electron chi connectivity index (χ2n) is 3.00. The van der Waals surface area contributed by atoms with Crippen LogP contribution >= 0.6 is 0 Å². The zero-order valence-electron chi connectivity index (χ0n) is 7.09. The zero-order chi connectivity index (χ0) is 8.27. The van der Waals surface area contributed by atoms with Crippen molar-refractivity contribution in [1.82, 2.24) is 0 Å². The molecule has 0 saturated carbocycles. The van der Waals surface area contributed by atoms with Gasteiger partial charge in [0.05, 0.1) is 0 Å². The van der Waals surface area contributed by atoms with E-state index in [4.69, 9.17) is 0 Å². The summed E-state index contributed by atoms with van der Waals surface area (Å²) in [5.74, 6) is 0. The second-order valence-corrected chi connectivity index (χ2v) is 3.00. The van der Waals surface area contributed by atoms with Gasteiger partial charge in [0, 0.05) is 11.7 Å². The smallest absolute Gasteiger partial charge is 0.0342 e. The van der Waals surface area contributed by atoms with Crippen LogP contribution in [0.4, 0.5) is 5.69 Å². The van der Waals surface area contributed by atoms with Gasteiger partial charge in [0.2, 0.25) is 0 Å². The Hall–Kier alpha value is -0.980. The van der Waals surface area contributed by atoms with Crippen molar-refractivity contribution in [2.24, 2.45) is 0 Å². The van der Waals surface area contributed by atoms with E-state index < -0.39 is 0 Å². The lowest BCUT2D eigenvalue weighted by Gasteiger charge is -2.09. The molecule has 0 aliphatic carbocycles. The topological polar surface area (TPSA) is 12.0 Å². The Morgan fingerprint density at radius 3 is 2.18 bits per heavy atom. The van der Waals surface area contributed by atoms with Crippen LogP contribution in [0.5, 0.6) is 0 Å². The van der Waals surface area contributed by atoms with E-state index in [9.17, 15) is 0 Å². The Morgan fingerprint density at radius 2 is 1.73 bits per heavy atom. The van der Waals surface area contributed by atoms with Gasteiger partial charge >= 0.3 is 0 Å².